The number of carbonyl (C=O) groups excluding carboxylic acids is 2. The third kappa shape index (κ3) is 4.82. The van der Waals surface area contributed by atoms with Crippen LogP contribution in [0.15, 0.2) is 11.0 Å². The van der Waals surface area contributed by atoms with E-state index in [0.29, 0.717) is 11.1 Å². The summed E-state index contributed by atoms with van der Waals surface area (Å²) in [5.41, 5.74) is 3.08. The molecular weight excluding hydrogens is 354 g/mol. The average molecular weight is 381 g/mol. The molecule has 7 nitrogen and oxygen atoms in total. The van der Waals surface area contributed by atoms with E-state index in [9.17, 15) is 18.0 Å². The molecule has 1 aromatic carbocycles. The maximum Gasteiger partial charge on any atom is 0.241 e. The number of sulfonamides is 1. The molecule has 144 valence electrons. The number of aryl methyl sites for hydroxylation is 2. The predicted octanol–water partition coefficient (Wildman–Crippen LogP) is 0.982. The Kier molecular flexibility index (Phi) is 6.08. The normalized spacial score (nSPS) is 15.4. The number of amides is 2. The van der Waals surface area contributed by atoms with Gasteiger partial charge in [0.15, 0.2) is 0 Å². The third-order valence-corrected chi connectivity index (χ3v) is 6.47. The van der Waals surface area contributed by atoms with Gasteiger partial charge in [-0.2, -0.15) is 4.72 Å². The molecule has 0 radical (unpaired) electrons. The van der Waals surface area contributed by atoms with Crippen LogP contribution in [0.1, 0.15) is 42.0 Å². The number of rotatable bonds is 7. The second-order valence-electron chi connectivity index (χ2n) is 6.99. The van der Waals surface area contributed by atoms with Gasteiger partial charge in [-0.25, -0.2) is 8.42 Å². The van der Waals surface area contributed by atoms with Gasteiger partial charge in [-0.15, -0.1) is 0 Å². The van der Waals surface area contributed by atoms with Gasteiger partial charge in [0.2, 0.25) is 21.8 Å². The number of hydrogen-bond donors (Lipinski definition) is 3. The maximum atomic E-state index is 12.8. The molecule has 0 unspecified atom stereocenters. The summed E-state index contributed by atoms with van der Waals surface area (Å²) in [4.78, 5) is 24.0. The molecule has 1 fully saturated rings. The first-order chi connectivity index (χ1) is 12.0. The van der Waals surface area contributed by atoms with E-state index in [1.165, 1.54) is 6.92 Å². The Morgan fingerprint density at radius 2 is 1.65 bits per heavy atom. The van der Waals surface area contributed by atoms with Crippen molar-refractivity contribution in [1.29, 1.82) is 0 Å². The van der Waals surface area contributed by atoms with Gasteiger partial charge in [-0.05, 0) is 69.7 Å². The Morgan fingerprint density at radius 1 is 1.12 bits per heavy atom. The van der Waals surface area contributed by atoms with Crippen LogP contribution in [0.5, 0.6) is 0 Å². The predicted molar refractivity (Wildman–Crippen MR) is 99.3 cm³/mol. The zero-order chi connectivity index (χ0) is 19.6. The molecule has 0 spiro atoms. The summed E-state index contributed by atoms with van der Waals surface area (Å²) in [6.45, 7) is 8.51. The van der Waals surface area contributed by atoms with Gasteiger partial charge in [-0.3, -0.25) is 9.59 Å². The zero-order valence-electron chi connectivity index (χ0n) is 15.9. The fraction of sp³-hybridized carbons (Fsp3) is 0.556. The van der Waals surface area contributed by atoms with E-state index in [2.05, 4.69) is 15.4 Å². The Hall–Kier alpha value is -1.93. The average Bonchev–Trinajstić information content (AvgIpc) is 3.34. The molecule has 1 aliphatic rings. The van der Waals surface area contributed by atoms with Crippen molar-refractivity contribution in [1.82, 2.24) is 15.4 Å². The largest absolute Gasteiger partial charge is 0.352 e. The first-order valence-electron chi connectivity index (χ1n) is 8.69. The van der Waals surface area contributed by atoms with E-state index in [4.69, 9.17) is 0 Å². The van der Waals surface area contributed by atoms with Crippen molar-refractivity contribution in [2.75, 3.05) is 6.54 Å². The lowest BCUT2D eigenvalue weighted by Gasteiger charge is -2.19. The summed E-state index contributed by atoms with van der Waals surface area (Å²) in [6, 6.07) is 1.16. The van der Waals surface area contributed by atoms with E-state index in [1.807, 2.05) is 19.9 Å². The molecule has 0 aliphatic heterocycles. The van der Waals surface area contributed by atoms with E-state index >= 15 is 0 Å². The minimum absolute atomic E-state index is 0.164. The molecule has 3 N–H and O–H groups in total. The van der Waals surface area contributed by atoms with Crippen LogP contribution in [-0.2, 0) is 19.6 Å². The standard InChI is InChI=1S/C18H27N3O4S/c1-10-8-11(2)13(4)17(12(10)3)26(24,25)21-14(5)18(23)19-9-16(22)20-15-6-7-15/h8,14-15,21H,6-7,9H2,1-5H3,(H,19,23)(H,20,22)/t14-/m0/s1. The van der Waals surface area contributed by atoms with Crippen molar-refractivity contribution in [2.24, 2.45) is 0 Å². The molecule has 1 atom stereocenters. The van der Waals surface area contributed by atoms with Crippen LogP contribution in [0.25, 0.3) is 0 Å². The molecule has 0 bridgehead atoms. The van der Waals surface area contributed by atoms with Crippen molar-refractivity contribution in [2.45, 2.75) is 64.4 Å². The summed E-state index contributed by atoms with van der Waals surface area (Å²) in [6.07, 6.45) is 1.93. The first kappa shape index (κ1) is 20.4. The Labute approximate surface area is 155 Å². The van der Waals surface area contributed by atoms with E-state index < -0.39 is 22.0 Å². The van der Waals surface area contributed by atoms with Gasteiger partial charge in [0.25, 0.3) is 0 Å². The number of nitrogens with one attached hydrogen (secondary N) is 3. The topological polar surface area (TPSA) is 104 Å². The first-order valence-corrected chi connectivity index (χ1v) is 10.2. The van der Waals surface area contributed by atoms with E-state index in [-0.39, 0.29) is 23.4 Å². The fourth-order valence-electron chi connectivity index (χ4n) is 2.76. The van der Waals surface area contributed by atoms with Crippen LogP contribution < -0.4 is 15.4 Å². The van der Waals surface area contributed by atoms with Gasteiger partial charge in [-0.1, -0.05) is 6.07 Å². The minimum Gasteiger partial charge on any atom is -0.352 e. The minimum atomic E-state index is -3.87. The molecular formula is C18H27N3O4S. The number of carbonyl (C=O) groups is 2. The van der Waals surface area contributed by atoms with Crippen molar-refractivity contribution < 1.29 is 18.0 Å². The van der Waals surface area contributed by atoms with Crippen LogP contribution in [-0.4, -0.2) is 38.9 Å². The third-order valence-electron chi connectivity index (χ3n) is 4.66. The summed E-state index contributed by atoms with van der Waals surface area (Å²) in [7, 11) is -3.87. The fourth-order valence-corrected chi connectivity index (χ4v) is 4.57. The highest BCUT2D eigenvalue weighted by Gasteiger charge is 2.27. The van der Waals surface area contributed by atoms with Crippen molar-refractivity contribution in [3.05, 3.63) is 28.3 Å². The van der Waals surface area contributed by atoms with Gasteiger partial charge in [0.05, 0.1) is 17.5 Å². The number of benzene rings is 1. The van der Waals surface area contributed by atoms with Crippen molar-refractivity contribution in [3.63, 3.8) is 0 Å². The second-order valence-corrected chi connectivity index (χ2v) is 8.64. The lowest BCUT2D eigenvalue weighted by atomic mass is 10.0. The molecule has 0 aromatic heterocycles. The van der Waals surface area contributed by atoms with Crippen LogP contribution in [0, 0.1) is 27.7 Å². The molecule has 26 heavy (non-hydrogen) atoms. The molecule has 2 amide bonds. The maximum absolute atomic E-state index is 12.8. The lowest BCUT2D eigenvalue weighted by molar-refractivity contribution is -0.126. The Morgan fingerprint density at radius 3 is 2.15 bits per heavy atom. The SMILES string of the molecule is Cc1cc(C)c(C)c(S(=O)(=O)N[C@@H](C)C(=O)NCC(=O)NC2CC2)c1C. The van der Waals surface area contributed by atoms with E-state index in [0.717, 1.165) is 24.0 Å². The Balaban J connectivity index is 2.06. The highest BCUT2D eigenvalue weighted by molar-refractivity contribution is 7.89. The van der Waals surface area contributed by atoms with Gasteiger partial charge in [0, 0.05) is 6.04 Å². The smallest absolute Gasteiger partial charge is 0.241 e. The van der Waals surface area contributed by atoms with Gasteiger partial charge >= 0.3 is 0 Å². The van der Waals surface area contributed by atoms with Crippen LogP contribution in [0.3, 0.4) is 0 Å². The summed E-state index contributed by atoms with van der Waals surface area (Å²) >= 11 is 0. The van der Waals surface area contributed by atoms with Crippen molar-refractivity contribution >= 4 is 21.8 Å². The van der Waals surface area contributed by atoms with Gasteiger partial charge in [0.1, 0.15) is 0 Å². The molecule has 1 aromatic rings. The lowest BCUT2D eigenvalue weighted by Crippen LogP contribution is -2.47. The van der Waals surface area contributed by atoms with Crippen LogP contribution in [0.2, 0.25) is 0 Å². The summed E-state index contributed by atoms with van der Waals surface area (Å²) < 4.78 is 28.0. The highest BCUT2D eigenvalue weighted by Crippen LogP contribution is 2.26. The Bertz CT molecular complexity index is 803. The summed E-state index contributed by atoms with van der Waals surface area (Å²) in [5.74, 6) is -0.809. The van der Waals surface area contributed by atoms with Gasteiger partial charge < -0.3 is 10.6 Å². The molecule has 2 rings (SSSR count). The van der Waals surface area contributed by atoms with Crippen LogP contribution in [0.4, 0.5) is 0 Å². The van der Waals surface area contributed by atoms with Crippen molar-refractivity contribution in [3.8, 4) is 0 Å². The van der Waals surface area contributed by atoms with Crippen LogP contribution >= 0.6 is 0 Å². The van der Waals surface area contributed by atoms with E-state index in [1.54, 1.807) is 13.8 Å². The number of hydrogen-bond acceptors (Lipinski definition) is 4. The molecule has 8 heteroatoms. The zero-order valence-corrected chi connectivity index (χ0v) is 16.7. The highest BCUT2D eigenvalue weighted by atomic mass is 32.2. The molecule has 0 heterocycles. The quantitative estimate of drug-likeness (QED) is 0.655. The monoisotopic (exact) mass is 381 g/mol. The molecule has 1 saturated carbocycles. The molecule has 0 saturated heterocycles. The summed E-state index contributed by atoms with van der Waals surface area (Å²) in [5, 5.41) is 5.22. The molecule has 1 aliphatic carbocycles. The second kappa shape index (κ2) is 7.75.